The van der Waals surface area contributed by atoms with Crippen LogP contribution in [-0.2, 0) is 6.54 Å². The quantitative estimate of drug-likeness (QED) is 0.308. The zero-order valence-electron chi connectivity index (χ0n) is 15.0. The van der Waals surface area contributed by atoms with E-state index in [1.807, 2.05) is 12.1 Å². The van der Waals surface area contributed by atoms with Crippen molar-refractivity contribution in [3.63, 3.8) is 0 Å². The summed E-state index contributed by atoms with van der Waals surface area (Å²) in [5.74, 6) is -0.274. The summed E-state index contributed by atoms with van der Waals surface area (Å²) in [5.41, 5.74) is 1.95. The van der Waals surface area contributed by atoms with Gasteiger partial charge in [-0.15, -0.1) is 24.0 Å². The van der Waals surface area contributed by atoms with Gasteiger partial charge in [-0.25, -0.2) is 4.39 Å². The highest BCUT2D eigenvalue weighted by Gasteiger charge is 2.23. The first-order valence-corrected chi connectivity index (χ1v) is 9.29. The number of halogens is 3. The van der Waals surface area contributed by atoms with E-state index in [-0.39, 0.29) is 29.7 Å². The molecule has 2 aromatic carbocycles. The van der Waals surface area contributed by atoms with Gasteiger partial charge in [0.05, 0.1) is 0 Å². The van der Waals surface area contributed by atoms with Crippen molar-refractivity contribution in [3.8, 4) is 5.75 Å². The van der Waals surface area contributed by atoms with E-state index in [2.05, 4.69) is 48.6 Å². The summed E-state index contributed by atoms with van der Waals surface area (Å²) < 4.78 is 14.5. The molecular formula is C19H23BrFIN4O. The van der Waals surface area contributed by atoms with Crippen LogP contribution in [0, 0.1) is 5.82 Å². The van der Waals surface area contributed by atoms with Crippen molar-refractivity contribution in [1.82, 2.24) is 10.6 Å². The fourth-order valence-electron chi connectivity index (χ4n) is 3.00. The number of anilines is 1. The van der Waals surface area contributed by atoms with Crippen LogP contribution in [0.5, 0.6) is 5.75 Å². The molecule has 0 radical (unpaired) electrons. The standard InChI is InChI=1S/C19H22BrFN4O.HI/c1-22-19(23-11-13-2-7-18(26)17(21)10-13)24-15-8-9-25(12-15)16-5-3-14(20)4-6-16;/h2-7,10,15,26H,8-9,11-12H2,1H3,(H2,22,23,24);1H. The Balaban J connectivity index is 0.00000261. The molecular weight excluding hydrogens is 526 g/mol. The van der Waals surface area contributed by atoms with Crippen molar-refractivity contribution in [2.45, 2.75) is 19.0 Å². The number of hydrogen-bond acceptors (Lipinski definition) is 3. The normalized spacial score (nSPS) is 16.8. The molecule has 8 heteroatoms. The van der Waals surface area contributed by atoms with Crippen molar-refractivity contribution < 1.29 is 9.50 Å². The molecule has 5 nitrogen and oxygen atoms in total. The molecule has 146 valence electrons. The first-order chi connectivity index (χ1) is 12.5. The Hall–Kier alpha value is -1.55. The summed E-state index contributed by atoms with van der Waals surface area (Å²) in [6.07, 6.45) is 1.02. The molecule has 1 heterocycles. The first-order valence-electron chi connectivity index (χ1n) is 8.50. The Labute approximate surface area is 184 Å². The Morgan fingerprint density at radius 2 is 2.04 bits per heavy atom. The maximum Gasteiger partial charge on any atom is 0.191 e. The number of aromatic hydroxyl groups is 1. The van der Waals surface area contributed by atoms with E-state index >= 15 is 0 Å². The van der Waals surface area contributed by atoms with Gasteiger partial charge in [-0.1, -0.05) is 22.0 Å². The zero-order chi connectivity index (χ0) is 18.5. The molecule has 1 unspecified atom stereocenters. The van der Waals surface area contributed by atoms with Gasteiger partial charge in [0.1, 0.15) is 0 Å². The maximum absolute atomic E-state index is 13.4. The van der Waals surface area contributed by atoms with Gasteiger partial charge in [-0.3, -0.25) is 4.99 Å². The van der Waals surface area contributed by atoms with Crippen LogP contribution >= 0.6 is 39.9 Å². The number of guanidine groups is 1. The minimum absolute atomic E-state index is 0. The second-order valence-corrected chi connectivity index (χ2v) is 7.18. The molecule has 3 rings (SSSR count). The van der Waals surface area contributed by atoms with Crippen molar-refractivity contribution in [2.75, 3.05) is 25.0 Å². The van der Waals surface area contributed by atoms with Gasteiger partial charge in [0.25, 0.3) is 0 Å². The molecule has 27 heavy (non-hydrogen) atoms. The summed E-state index contributed by atoms with van der Waals surface area (Å²) in [4.78, 5) is 6.58. The van der Waals surface area contributed by atoms with Crippen molar-refractivity contribution in [2.24, 2.45) is 4.99 Å². The van der Waals surface area contributed by atoms with E-state index in [4.69, 9.17) is 0 Å². The highest BCUT2D eigenvalue weighted by Crippen LogP contribution is 2.22. The molecule has 1 aliphatic rings. The number of hydrogen-bond donors (Lipinski definition) is 3. The molecule has 1 saturated heterocycles. The predicted molar refractivity (Wildman–Crippen MR) is 122 cm³/mol. The zero-order valence-corrected chi connectivity index (χ0v) is 18.9. The number of phenols is 1. The van der Waals surface area contributed by atoms with Gasteiger partial charge in [0.2, 0.25) is 0 Å². The number of nitrogens with zero attached hydrogens (tertiary/aromatic N) is 2. The third-order valence-electron chi connectivity index (χ3n) is 4.42. The average Bonchev–Trinajstić information content (AvgIpc) is 3.10. The molecule has 2 aromatic rings. The molecule has 0 aromatic heterocycles. The van der Waals surface area contributed by atoms with Crippen LogP contribution < -0.4 is 15.5 Å². The number of benzene rings is 2. The summed E-state index contributed by atoms with van der Waals surface area (Å²) in [7, 11) is 1.72. The molecule has 1 atom stereocenters. The van der Waals surface area contributed by atoms with Gasteiger partial charge in [0.15, 0.2) is 17.5 Å². The second-order valence-electron chi connectivity index (χ2n) is 6.26. The van der Waals surface area contributed by atoms with E-state index in [0.29, 0.717) is 18.5 Å². The third kappa shape index (κ3) is 5.97. The van der Waals surface area contributed by atoms with Crippen LogP contribution in [-0.4, -0.2) is 37.2 Å². The van der Waals surface area contributed by atoms with Gasteiger partial charge in [0, 0.05) is 42.9 Å². The summed E-state index contributed by atoms with van der Waals surface area (Å²) >= 11 is 3.46. The third-order valence-corrected chi connectivity index (χ3v) is 4.95. The van der Waals surface area contributed by atoms with Gasteiger partial charge in [-0.2, -0.15) is 0 Å². The van der Waals surface area contributed by atoms with Crippen LogP contribution in [0.2, 0.25) is 0 Å². The summed E-state index contributed by atoms with van der Waals surface area (Å²) in [6, 6.07) is 13.0. The van der Waals surface area contributed by atoms with Gasteiger partial charge < -0.3 is 20.6 Å². The number of rotatable bonds is 4. The predicted octanol–water partition coefficient (Wildman–Crippen LogP) is 3.86. The van der Waals surface area contributed by atoms with Crippen molar-refractivity contribution in [1.29, 1.82) is 0 Å². The first kappa shape index (κ1) is 21.7. The molecule has 0 amide bonds. The number of aliphatic imine (C=N–C) groups is 1. The monoisotopic (exact) mass is 548 g/mol. The van der Waals surface area contributed by atoms with E-state index in [9.17, 15) is 9.50 Å². The second kappa shape index (κ2) is 10.1. The van der Waals surface area contributed by atoms with Crippen molar-refractivity contribution >= 4 is 51.6 Å². The topological polar surface area (TPSA) is 59.9 Å². The van der Waals surface area contributed by atoms with Crippen LogP contribution in [0.15, 0.2) is 51.9 Å². The van der Waals surface area contributed by atoms with Crippen LogP contribution in [0.25, 0.3) is 0 Å². The van der Waals surface area contributed by atoms with E-state index < -0.39 is 5.82 Å². The summed E-state index contributed by atoms with van der Waals surface area (Å²) in [5, 5.41) is 15.9. The van der Waals surface area contributed by atoms with Gasteiger partial charge >= 0.3 is 0 Å². The minimum Gasteiger partial charge on any atom is -0.505 e. The number of nitrogens with one attached hydrogen (secondary N) is 2. The Morgan fingerprint density at radius 1 is 1.30 bits per heavy atom. The molecule has 0 spiro atoms. The van der Waals surface area contributed by atoms with Crippen LogP contribution in [0.1, 0.15) is 12.0 Å². The molecule has 3 N–H and O–H groups in total. The average molecular weight is 549 g/mol. The summed E-state index contributed by atoms with van der Waals surface area (Å²) in [6.45, 7) is 2.32. The minimum atomic E-state index is -0.617. The van der Waals surface area contributed by atoms with Crippen LogP contribution in [0.3, 0.4) is 0 Å². The smallest absolute Gasteiger partial charge is 0.191 e. The molecule has 1 aliphatic heterocycles. The molecule has 0 bridgehead atoms. The highest BCUT2D eigenvalue weighted by molar-refractivity contribution is 14.0. The molecule has 0 aliphatic carbocycles. The van der Waals surface area contributed by atoms with Crippen LogP contribution in [0.4, 0.5) is 10.1 Å². The SMILES string of the molecule is CN=C(NCc1ccc(O)c(F)c1)NC1CCN(c2ccc(Br)cc2)C1.I. The van der Waals surface area contributed by atoms with E-state index in [1.54, 1.807) is 13.1 Å². The lowest BCUT2D eigenvalue weighted by molar-refractivity contribution is 0.431. The molecule has 0 saturated carbocycles. The largest absolute Gasteiger partial charge is 0.505 e. The van der Waals surface area contributed by atoms with E-state index in [1.165, 1.54) is 17.8 Å². The Morgan fingerprint density at radius 3 is 2.70 bits per heavy atom. The lowest BCUT2D eigenvalue weighted by Crippen LogP contribution is -2.44. The lowest BCUT2D eigenvalue weighted by atomic mass is 10.2. The fourth-order valence-corrected chi connectivity index (χ4v) is 3.26. The van der Waals surface area contributed by atoms with E-state index in [0.717, 1.165) is 29.5 Å². The maximum atomic E-state index is 13.4. The van der Waals surface area contributed by atoms with Gasteiger partial charge in [-0.05, 0) is 48.4 Å². The highest BCUT2D eigenvalue weighted by atomic mass is 127. The van der Waals surface area contributed by atoms with Crippen molar-refractivity contribution in [3.05, 3.63) is 58.3 Å². The Bertz CT molecular complexity index is 788. The number of phenolic OH excluding ortho intramolecular Hbond substituents is 1. The fraction of sp³-hybridized carbons (Fsp3) is 0.316. The lowest BCUT2D eigenvalue weighted by Gasteiger charge is -2.20. The Kier molecular flexibility index (Phi) is 8.15. The molecule has 1 fully saturated rings.